The molecule has 0 aromatic carbocycles. The second-order valence-corrected chi connectivity index (χ2v) is 12.2. The molecule has 4 saturated heterocycles. The van der Waals surface area contributed by atoms with Crippen LogP contribution in [0.3, 0.4) is 0 Å². The first-order valence-electron chi connectivity index (χ1n) is 12.3. The van der Waals surface area contributed by atoms with Gasteiger partial charge in [-0.1, -0.05) is 6.92 Å². The number of fused-ring (bicyclic) bond motifs is 1. The molecular formula is C26H30O8. The molecule has 6 fully saturated rings. The molecule has 1 aromatic rings. The number of ketones is 1. The van der Waals surface area contributed by atoms with Gasteiger partial charge in [0.2, 0.25) is 0 Å². The van der Waals surface area contributed by atoms with Crippen LogP contribution in [0.4, 0.5) is 0 Å². The SMILES string of the molecule is CC1(C)OC2CC(=O)OCC23C1CC(=O)C1(C)[C@@H]3CCC2(C)C(c3ccoc3)OC(=O)C3OC321. The molecule has 182 valence electrons. The Balaban J connectivity index is 1.41. The second-order valence-electron chi connectivity index (χ2n) is 12.2. The van der Waals surface area contributed by atoms with E-state index in [4.69, 9.17) is 23.4 Å². The molecule has 0 bridgehead atoms. The topological polar surface area (TPSA) is 105 Å². The normalized spacial score (nSPS) is 52.4. The highest BCUT2D eigenvalue weighted by atomic mass is 16.7. The average Bonchev–Trinajstić information content (AvgIpc) is 3.26. The van der Waals surface area contributed by atoms with Crippen LogP contribution in [0.25, 0.3) is 0 Å². The van der Waals surface area contributed by atoms with Crippen molar-refractivity contribution in [3.63, 3.8) is 0 Å². The fourth-order valence-electron chi connectivity index (χ4n) is 9.34. The Kier molecular flexibility index (Phi) is 3.70. The van der Waals surface area contributed by atoms with Gasteiger partial charge in [0.05, 0.1) is 36.1 Å². The van der Waals surface area contributed by atoms with Gasteiger partial charge >= 0.3 is 11.9 Å². The molecule has 9 atom stereocenters. The van der Waals surface area contributed by atoms with Gasteiger partial charge < -0.3 is 23.4 Å². The molecule has 0 amide bonds. The summed E-state index contributed by atoms with van der Waals surface area (Å²) in [7, 11) is 0. The van der Waals surface area contributed by atoms with Gasteiger partial charge in [-0.15, -0.1) is 0 Å². The van der Waals surface area contributed by atoms with Gasteiger partial charge in [-0.3, -0.25) is 9.59 Å². The van der Waals surface area contributed by atoms with Crippen LogP contribution < -0.4 is 0 Å². The van der Waals surface area contributed by atoms with Gasteiger partial charge in [0.15, 0.2) is 6.10 Å². The van der Waals surface area contributed by atoms with Gasteiger partial charge in [-0.2, -0.15) is 0 Å². The Labute approximate surface area is 197 Å². The molecule has 5 heterocycles. The van der Waals surface area contributed by atoms with Crippen molar-refractivity contribution in [3.05, 3.63) is 24.2 Å². The lowest BCUT2D eigenvalue weighted by atomic mass is 9.37. The van der Waals surface area contributed by atoms with Crippen molar-refractivity contribution < 1.29 is 37.7 Å². The lowest BCUT2D eigenvalue weighted by Crippen LogP contribution is -2.72. The van der Waals surface area contributed by atoms with E-state index in [2.05, 4.69) is 6.92 Å². The zero-order valence-electron chi connectivity index (χ0n) is 19.9. The minimum Gasteiger partial charge on any atom is -0.472 e. The van der Waals surface area contributed by atoms with Crippen molar-refractivity contribution in [2.75, 3.05) is 6.61 Å². The van der Waals surface area contributed by atoms with E-state index in [0.29, 0.717) is 12.8 Å². The molecule has 0 radical (unpaired) electrons. The van der Waals surface area contributed by atoms with Crippen LogP contribution in [0.2, 0.25) is 0 Å². The van der Waals surface area contributed by atoms with Crippen molar-refractivity contribution in [2.24, 2.45) is 28.1 Å². The zero-order valence-corrected chi connectivity index (χ0v) is 19.9. The Morgan fingerprint density at radius 2 is 1.76 bits per heavy atom. The summed E-state index contributed by atoms with van der Waals surface area (Å²) in [6, 6.07) is 1.81. The summed E-state index contributed by atoms with van der Waals surface area (Å²) in [4.78, 5) is 39.7. The zero-order chi connectivity index (χ0) is 23.9. The molecule has 8 nitrogen and oxygen atoms in total. The first kappa shape index (κ1) is 21.1. The number of ether oxygens (including phenoxy) is 4. The Morgan fingerprint density at radius 3 is 2.50 bits per heavy atom. The quantitative estimate of drug-likeness (QED) is 0.455. The predicted octanol–water partition coefficient (Wildman–Crippen LogP) is 3.14. The number of furan rings is 1. The summed E-state index contributed by atoms with van der Waals surface area (Å²) < 4.78 is 29.8. The molecule has 0 N–H and O–H groups in total. The van der Waals surface area contributed by atoms with Crippen LogP contribution in [0.5, 0.6) is 0 Å². The highest BCUT2D eigenvalue weighted by Gasteiger charge is 2.89. The first-order valence-corrected chi connectivity index (χ1v) is 12.3. The molecule has 7 rings (SSSR count). The van der Waals surface area contributed by atoms with Crippen molar-refractivity contribution in [3.8, 4) is 0 Å². The van der Waals surface area contributed by atoms with Gasteiger partial charge in [0, 0.05) is 28.7 Å². The third kappa shape index (κ3) is 2.02. The van der Waals surface area contributed by atoms with E-state index < -0.39 is 45.6 Å². The minimum absolute atomic E-state index is 0.0677. The maximum Gasteiger partial charge on any atom is 0.339 e. The summed E-state index contributed by atoms with van der Waals surface area (Å²) in [5.74, 6) is -0.780. The van der Waals surface area contributed by atoms with Crippen LogP contribution >= 0.6 is 0 Å². The standard InChI is InChI=1S/C26H30O8/c1-22(2)15-9-16(27)24(4)14(25(15)12-31-18(28)10-17(25)33-22)5-7-23(3)19(13-6-8-30-11-13)32-21(29)20-26(23,24)34-20/h6,8,11,14-15,17,19-20H,5,7,9-10,12H2,1-4H3/t14-,15?,17?,19?,20?,23?,24?,25?,26?/m0/s1. The number of carbonyl (C=O) groups excluding carboxylic acids is 3. The monoisotopic (exact) mass is 470 g/mol. The van der Waals surface area contributed by atoms with E-state index in [1.54, 1.807) is 12.5 Å². The van der Waals surface area contributed by atoms with Crippen LogP contribution in [0, 0.1) is 28.1 Å². The number of carbonyl (C=O) groups is 3. The average molecular weight is 471 g/mol. The third-order valence-electron chi connectivity index (χ3n) is 10.7. The number of Topliss-reactive ketones (excluding diaryl/α,β-unsaturated/α-hetero) is 1. The van der Waals surface area contributed by atoms with E-state index in [1.807, 2.05) is 26.8 Å². The number of epoxide rings is 1. The van der Waals surface area contributed by atoms with E-state index in [1.165, 1.54) is 0 Å². The number of cyclic esters (lactones) is 2. The van der Waals surface area contributed by atoms with Crippen LogP contribution in [-0.4, -0.2) is 47.7 Å². The number of rotatable bonds is 1. The fourth-order valence-corrected chi connectivity index (χ4v) is 9.34. The summed E-state index contributed by atoms with van der Waals surface area (Å²) in [6.45, 7) is 8.36. The largest absolute Gasteiger partial charge is 0.472 e. The highest BCUT2D eigenvalue weighted by Crippen LogP contribution is 2.79. The van der Waals surface area contributed by atoms with Gasteiger partial charge in [-0.05, 0) is 45.6 Å². The smallest absolute Gasteiger partial charge is 0.339 e. The first-order chi connectivity index (χ1) is 16.0. The molecule has 2 aliphatic carbocycles. The van der Waals surface area contributed by atoms with E-state index in [0.717, 1.165) is 12.0 Å². The van der Waals surface area contributed by atoms with Gasteiger partial charge in [0.25, 0.3) is 0 Å². The highest BCUT2D eigenvalue weighted by molar-refractivity contribution is 5.93. The lowest BCUT2D eigenvalue weighted by molar-refractivity contribution is -0.225. The Hall–Kier alpha value is -2.19. The van der Waals surface area contributed by atoms with Gasteiger partial charge in [0.1, 0.15) is 24.1 Å². The second kappa shape index (κ2) is 5.95. The number of hydrogen-bond acceptors (Lipinski definition) is 8. The van der Waals surface area contributed by atoms with Crippen molar-refractivity contribution in [1.29, 1.82) is 0 Å². The molecule has 34 heavy (non-hydrogen) atoms. The number of hydrogen-bond donors (Lipinski definition) is 0. The molecule has 8 heteroatoms. The minimum atomic E-state index is -0.976. The fraction of sp³-hybridized carbons (Fsp3) is 0.731. The molecule has 2 saturated carbocycles. The maximum atomic E-state index is 14.2. The Bertz CT molecular complexity index is 1120. The molecule has 6 aliphatic rings. The van der Waals surface area contributed by atoms with Crippen LogP contribution in [0.15, 0.2) is 23.0 Å². The summed E-state index contributed by atoms with van der Waals surface area (Å²) in [5.41, 5.74) is -2.78. The summed E-state index contributed by atoms with van der Waals surface area (Å²) in [6.07, 6.45) is 3.46. The maximum absolute atomic E-state index is 14.2. The molecule has 2 spiro atoms. The van der Waals surface area contributed by atoms with Crippen LogP contribution in [-0.2, 0) is 33.3 Å². The van der Waals surface area contributed by atoms with Crippen molar-refractivity contribution >= 4 is 17.7 Å². The van der Waals surface area contributed by atoms with Gasteiger partial charge in [-0.25, -0.2) is 4.79 Å². The van der Waals surface area contributed by atoms with E-state index >= 15 is 0 Å². The van der Waals surface area contributed by atoms with E-state index in [-0.39, 0.29) is 42.7 Å². The summed E-state index contributed by atoms with van der Waals surface area (Å²) in [5, 5.41) is 0. The summed E-state index contributed by atoms with van der Waals surface area (Å²) >= 11 is 0. The Morgan fingerprint density at radius 1 is 0.971 bits per heavy atom. The van der Waals surface area contributed by atoms with Crippen molar-refractivity contribution in [1.82, 2.24) is 0 Å². The predicted molar refractivity (Wildman–Crippen MR) is 114 cm³/mol. The van der Waals surface area contributed by atoms with Crippen molar-refractivity contribution in [2.45, 2.75) is 82.9 Å². The lowest BCUT2D eigenvalue weighted by Gasteiger charge is -2.65. The number of esters is 2. The van der Waals surface area contributed by atoms with E-state index in [9.17, 15) is 14.4 Å². The third-order valence-corrected chi connectivity index (χ3v) is 10.7. The molecule has 1 aromatic heterocycles. The molecule has 4 aliphatic heterocycles. The van der Waals surface area contributed by atoms with Crippen LogP contribution in [0.1, 0.15) is 65.0 Å². The molecule has 8 unspecified atom stereocenters. The molecular weight excluding hydrogens is 440 g/mol.